The Kier molecular flexibility index (Phi) is 19.7. The first-order chi connectivity index (χ1) is 32.0. The summed E-state index contributed by atoms with van der Waals surface area (Å²) in [5, 5.41) is 185. The first-order valence-electron chi connectivity index (χ1n) is 21.2. The van der Waals surface area contributed by atoms with E-state index in [-0.39, 0.29) is 0 Å². The first-order valence-corrected chi connectivity index (χ1v) is 21.2. The van der Waals surface area contributed by atoms with Crippen LogP contribution in [0.25, 0.3) is 0 Å². The number of aliphatic hydroxyl groups is 16. The number of aliphatic carboxylic acids is 1. The smallest absolute Gasteiger partial charge is 0.364 e. The summed E-state index contributed by atoms with van der Waals surface area (Å²) in [6.07, 6.45) is -47.6. The van der Waals surface area contributed by atoms with Gasteiger partial charge in [0.15, 0.2) is 25.2 Å². The molecular formula is C37H62N2O29. The van der Waals surface area contributed by atoms with E-state index < -0.39 is 216 Å². The number of carbonyl (C=O) groups is 3. The molecule has 5 fully saturated rings. The lowest BCUT2D eigenvalue weighted by molar-refractivity contribution is -0.389. The van der Waals surface area contributed by atoms with Crippen LogP contribution in [-0.2, 0) is 57.0 Å². The van der Waals surface area contributed by atoms with Crippen LogP contribution in [0, 0.1) is 0 Å². The number of rotatable bonds is 18. The maximum atomic E-state index is 13.0. The molecule has 19 N–H and O–H groups in total. The van der Waals surface area contributed by atoms with E-state index in [9.17, 15) is 101 Å². The van der Waals surface area contributed by atoms with Gasteiger partial charge in [-0.15, -0.1) is 0 Å². The van der Waals surface area contributed by atoms with Gasteiger partial charge in [0, 0.05) is 20.3 Å². The highest BCUT2D eigenvalue weighted by molar-refractivity contribution is 5.76. The first kappa shape index (κ1) is 56.3. The fourth-order valence-electron chi connectivity index (χ4n) is 8.53. The van der Waals surface area contributed by atoms with Crippen molar-refractivity contribution in [3.05, 3.63) is 0 Å². The van der Waals surface area contributed by atoms with Crippen LogP contribution in [-0.4, -0.2) is 297 Å². The van der Waals surface area contributed by atoms with Crippen LogP contribution in [0.4, 0.5) is 0 Å². The van der Waals surface area contributed by atoms with Gasteiger partial charge in [-0.2, -0.15) is 0 Å². The molecule has 0 radical (unpaired) electrons. The molecule has 0 aliphatic carbocycles. The lowest BCUT2D eigenvalue weighted by atomic mass is 9.88. The van der Waals surface area contributed by atoms with E-state index in [1.807, 2.05) is 0 Å². The van der Waals surface area contributed by atoms with Gasteiger partial charge in [0.2, 0.25) is 11.8 Å². The van der Waals surface area contributed by atoms with Gasteiger partial charge in [0.25, 0.3) is 5.79 Å². The van der Waals surface area contributed by atoms with Crippen molar-refractivity contribution < 1.29 is 144 Å². The highest BCUT2D eigenvalue weighted by Crippen LogP contribution is 2.39. The summed E-state index contributed by atoms with van der Waals surface area (Å²) < 4.78 is 50.7. The van der Waals surface area contributed by atoms with E-state index in [2.05, 4.69) is 10.6 Å². The second kappa shape index (κ2) is 23.8. The molecule has 5 aliphatic heterocycles. The topological polar surface area (TPSA) is 502 Å². The highest BCUT2D eigenvalue weighted by Gasteiger charge is 2.61. The minimum atomic E-state index is -3.19. The molecule has 31 heteroatoms. The molecule has 5 rings (SSSR count). The summed E-state index contributed by atoms with van der Waals surface area (Å²) in [5.41, 5.74) is 0. The van der Waals surface area contributed by atoms with Gasteiger partial charge in [0.05, 0.1) is 45.2 Å². The lowest BCUT2D eigenvalue weighted by Crippen LogP contribution is -2.71. The molecule has 31 nitrogen and oxygen atoms in total. The second-order valence-electron chi connectivity index (χ2n) is 16.8. The molecule has 0 bridgehead atoms. The molecular weight excluding hydrogens is 936 g/mol. The number of hydrogen-bond acceptors (Lipinski definition) is 28. The molecule has 5 aliphatic rings. The van der Waals surface area contributed by atoms with Crippen molar-refractivity contribution in [1.82, 2.24) is 10.6 Å². The van der Waals surface area contributed by atoms with Crippen LogP contribution in [0.15, 0.2) is 0 Å². The number of carboxylic acids is 1. The third-order valence-corrected chi connectivity index (χ3v) is 12.1. The third kappa shape index (κ3) is 11.8. The molecule has 5 saturated heterocycles. The Labute approximate surface area is 384 Å². The third-order valence-electron chi connectivity index (χ3n) is 12.1. The number of amides is 2. The van der Waals surface area contributed by atoms with Gasteiger partial charge in [-0.3, -0.25) is 9.59 Å². The average molecular weight is 999 g/mol. The summed E-state index contributed by atoms with van der Waals surface area (Å²) in [6, 6.07) is -3.51. The van der Waals surface area contributed by atoms with Gasteiger partial charge < -0.3 is 140 Å². The van der Waals surface area contributed by atoms with E-state index in [0.717, 1.165) is 13.8 Å². The Balaban J connectivity index is 1.45. The minimum absolute atomic E-state index is 0.818. The second-order valence-corrected chi connectivity index (χ2v) is 16.8. The van der Waals surface area contributed by atoms with Gasteiger partial charge in [-0.25, -0.2) is 4.79 Å². The van der Waals surface area contributed by atoms with Crippen molar-refractivity contribution in [2.45, 2.75) is 179 Å². The van der Waals surface area contributed by atoms with Crippen molar-refractivity contribution >= 4 is 17.8 Å². The SMILES string of the molecule is CC(=O)N[C@H]1[C@H](O[C@H]2[C@@H](O)[C@@H](CO)O[C@@H](O[C@@H]3[C@H](O)[C@@H](O)[C@H](O)O[C@@H]3CO)[C@@H]2O)O[C@H](CO)[C@@H](O)[C@@H]1O[C@@H]1O[C@H](CO)[C@H](O)[C@H](O[C@]2(C(=O)O)C[C@H](O)[C@@H](NC(C)=O)[C@H]([C@H](O)[C@H](O)CO)O2)[C@H]1O. The summed E-state index contributed by atoms with van der Waals surface area (Å²) in [7, 11) is 0. The molecule has 0 saturated carbocycles. The van der Waals surface area contributed by atoms with Crippen molar-refractivity contribution in [3.63, 3.8) is 0 Å². The molecule has 0 unspecified atom stereocenters. The monoisotopic (exact) mass is 998 g/mol. The van der Waals surface area contributed by atoms with E-state index in [4.69, 9.17) is 42.6 Å². The van der Waals surface area contributed by atoms with Crippen molar-refractivity contribution in [1.29, 1.82) is 0 Å². The molecule has 0 aromatic rings. The van der Waals surface area contributed by atoms with Crippen LogP contribution in [0.1, 0.15) is 20.3 Å². The number of hydrogen-bond donors (Lipinski definition) is 19. The van der Waals surface area contributed by atoms with E-state index in [1.165, 1.54) is 0 Å². The maximum Gasteiger partial charge on any atom is 0.364 e. The van der Waals surface area contributed by atoms with Crippen LogP contribution < -0.4 is 10.6 Å². The minimum Gasteiger partial charge on any atom is -0.477 e. The molecule has 5 heterocycles. The van der Waals surface area contributed by atoms with E-state index >= 15 is 0 Å². The van der Waals surface area contributed by atoms with Crippen LogP contribution in [0.3, 0.4) is 0 Å². The number of nitrogens with one attached hydrogen (secondary N) is 2. The number of carbonyl (C=O) groups excluding carboxylic acids is 2. The largest absolute Gasteiger partial charge is 0.477 e. The van der Waals surface area contributed by atoms with Gasteiger partial charge >= 0.3 is 5.97 Å². The fraction of sp³-hybridized carbons (Fsp3) is 0.919. The lowest BCUT2D eigenvalue weighted by Gasteiger charge is -2.51. The molecule has 0 aromatic carbocycles. The Morgan fingerprint density at radius 2 is 1.03 bits per heavy atom. The molecule has 2 amide bonds. The average Bonchev–Trinajstić information content (AvgIpc) is 3.29. The predicted octanol–water partition coefficient (Wildman–Crippen LogP) is -12.4. The zero-order valence-corrected chi connectivity index (χ0v) is 36.2. The zero-order valence-electron chi connectivity index (χ0n) is 36.2. The zero-order chi connectivity index (χ0) is 50.7. The summed E-state index contributed by atoms with van der Waals surface area (Å²) >= 11 is 0. The van der Waals surface area contributed by atoms with Gasteiger partial charge in [-0.05, 0) is 0 Å². The molecule has 0 aromatic heterocycles. The Bertz CT molecular complexity index is 1660. The summed E-state index contributed by atoms with van der Waals surface area (Å²) in [4.78, 5) is 37.7. The fourth-order valence-corrected chi connectivity index (χ4v) is 8.53. The highest BCUT2D eigenvalue weighted by atomic mass is 16.8. The Morgan fingerprint density at radius 1 is 0.574 bits per heavy atom. The maximum absolute atomic E-state index is 13.0. The number of ether oxygens (including phenoxy) is 9. The van der Waals surface area contributed by atoms with Gasteiger partial charge in [-0.1, -0.05) is 0 Å². The van der Waals surface area contributed by atoms with Crippen molar-refractivity contribution in [2.24, 2.45) is 0 Å². The molecule has 0 spiro atoms. The Hall–Kier alpha value is -2.59. The number of carboxylic acid groups (broad SMARTS) is 1. The molecule has 26 atom stereocenters. The predicted molar refractivity (Wildman–Crippen MR) is 207 cm³/mol. The quantitative estimate of drug-likeness (QED) is 0.0606. The standard InChI is InChI=1S/C37H62N2O29/c1-9(45)38-17-11(47)3-37(36(58)59,67-29(17)19(49)12(48)4-40)68-31-22(52)15(7-43)63-35(26(31)56)65-28-18(39-10(2)46)33(61-13(5-41)20(28)50)66-30-21(51)14(6-42)62-34(25(30)55)64-27-16(8-44)60-32(57)24(54)23(27)53/h11-35,40-44,47-57H,3-8H2,1-2H3,(H,38,45)(H,39,46)(H,58,59)/t11-,12+,13+,14+,15+,16+,17+,18+,19+,20+,21-,22-,23+,24+,25+,26+,27-,28+,29+,30-,31-,32+,33-,34-,35-,37-/m0/s1. The van der Waals surface area contributed by atoms with Crippen molar-refractivity contribution in [3.8, 4) is 0 Å². The Morgan fingerprint density at radius 3 is 1.53 bits per heavy atom. The van der Waals surface area contributed by atoms with E-state index in [1.54, 1.807) is 0 Å². The molecule has 394 valence electrons. The summed E-state index contributed by atoms with van der Waals surface area (Å²) in [6.45, 7) is -3.28. The summed E-state index contributed by atoms with van der Waals surface area (Å²) in [5.74, 6) is -6.99. The van der Waals surface area contributed by atoms with Gasteiger partial charge in [0.1, 0.15) is 116 Å². The molecule has 68 heavy (non-hydrogen) atoms. The van der Waals surface area contributed by atoms with Crippen LogP contribution in [0.2, 0.25) is 0 Å². The van der Waals surface area contributed by atoms with Crippen LogP contribution in [0.5, 0.6) is 0 Å². The van der Waals surface area contributed by atoms with Crippen molar-refractivity contribution in [2.75, 3.05) is 33.0 Å². The number of aliphatic hydroxyl groups excluding tert-OH is 16. The normalized spacial score (nSPS) is 46.6. The van der Waals surface area contributed by atoms with E-state index in [0.29, 0.717) is 0 Å². The van der Waals surface area contributed by atoms with Crippen LogP contribution >= 0.6 is 0 Å².